The number of fused-ring (bicyclic) bond motifs is 1. The van der Waals surface area contributed by atoms with Crippen molar-refractivity contribution in [1.29, 1.82) is 0 Å². The number of benzene rings is 1. The number of aryl methyl sites for hydroxylation is 2. The predicted molar refractivity (Wildman–Crippen MR) is 69.7 cm³/mol. The third kappa shape index (κ3) is 2.12. The van der Waals surface area contributed by atoms with Gasteiger partial charge in [-0.1, -0.05) is 0 Å². The lowest BCUT2D eigenvalue weighted by atomic mass is 10.2. The summed E-state index contributed by atoms with van der Waals surface area (Å²) in [5.74, 6) is 0.124. The quantitative estimate of drug-likeness (QED) is 0.842. The number of nitrogens with two attached hydrogens (primary N) is 1. The molecule has 1 aliphatic rings. The molecule has 5 heteroatoms. The van der Waals surface area contributed by atoms with E-state index in [-0.39, 0.29) is 5.75 Å². The van der Waals surface area contributed by atoms with Crippen LogP contribution in [0.5, 0.6) is 11.6 Å². The van der Waals surface area contributed by atoms with E-state index in [2.05, 4.69) is 9.97 Å². The minimum atomic E-state index is -0.478. The first-order valence-electron chi connectivity index (χ1n) is 6.21. The van der Waals surface area contributed by atoms with Gasteiger partial charge in [0.05, 0.1) is 5.69 Å². The van der Waals surface area contributed by atoms with Gasteiger partial charge in [-0.2, -0.15) is 0 Å². The van der Waals surface area contributed by atoms with Gasteiger partial charge in [0, 0.05) is 17.3 Å². The number of rotatable bonds is 2. The molecule has 0 spiro atoms. The van der Waals surface area contributed by atoms with Crippen LogP contribution in [0, 0.1) is 12.7 Å². The summed E-state index contributed by atoms with van der Waals surface area (Å²) in [7, 11) is 0. The Labute approximate surface area is 110 Å². The smallest absolute Gasteiger partial charge is 0.225 e. The largest absolute Gasteiger partial charge is 0.436 e. The van der Waals surface area contributed by atoms with E-state index < -0.39 is 5.82 Å². The monoisotopic (exact) mass is 259 g/mol. The van der Waals surface area contributed by atoms with Crippen molar-refractivity contribution >= 4 is 5.69 Å². The van der Waals surface area contributed by atoms with Gasteiger partial charge in [-0.15, -0.1) is 0 Å². The molecule has 0 radical (unpaired) electrons. The zero-order valence-electron chi connectivity index (χ0n) is 10.6. The number of anilines is 1. The number of hydrogen-bond acceptors (Lipinski definition) is 4. The van der Waals surface area contributed by atoms with E-state index in [1.807, 2.05) is 6.92 Å². The molecule has 98 valence electrons. The van der Waals surface area contributed by atoms with Crippen molar-refractivity contribution in [3.63, 3.8) is 0 Å². The average Bonchev–Trinajstić information content (AvgIpc) is 2.85. The second-order valence-electron chi connectivity index (χ2n) is 4.70. The standard InChI is InChI=1S/C14H14FN3O/c1-8-5-13(10(15)6-11(8)16)19-14-9-3-2-4-12(9)17-7-18-14/h5-7H,2-4,16H2,1H3. The molecule has 2 aromatic rings. The van der Waals surface area contributed by atoms with Gasteiger partial charge in [-0.3, -0.25) is 0 Å². The molecule has 2 N–H and O–H groups in total. The van der Waals surface area contributed by atoms with E-state index in [9.17, 15) is 4.39 Å². The van der Waals surface area contributed by atoms with Crippen molar-refractivity contribution in [3.8, 4) is 11.6 Å². The molecule has 0 unspecified atom stereocenters. The maximum absolute atomic E-state index is 13.8. The zero-order valence-corrected chi connectivity index (χ0v) is 10.6. The molecule has 4 nitrogen and oxygen atoms in total. The summed E-state index contributed by atoms with van der Waals surface area (Å²) in [6.07, 6.45) is 4.30. The van der Waals surface area contributed by atoms with E-state index >= 15 is 0 Å². The SMILES string of the molecule is Cc1cc(Oc2ncnc3c2CCC3)c(F)cc1N. The number of nitrogens with zero attached hydrogens (tertiary/aromatic N) is 2. The summed E-state index contributed by atoms with van der Waals surface area (Å²) in [6.45, 7) is 1.81. The van der Waals surface area contributed by atoms with Crippen LogP contribution in [0.2, 0.25) is 0 Å². The molecule has 0 saturated carbocycles. The summed E-state index contributed by atoms with van der Waals surface area (Å²) in [5.41, 5.74) is 8.83. The Kier molecular flexibility index (Phi) is 2.81. The number of ether oxygens (including phenoxy) is 1. The molecule has 1 aliphatic carbocycles. The Balaban J connectivity index is 1.98. The van der Waals surface area contributed by atoms with Crippen LogP contribution in [0.4, 0.5) is 10.1 Å². The Morgan fingerprint density at radius 2 is 2.11 bits per heavy atom. The Bertz CT molecular complexity index is 643. The number of nitrogen functional groups attached to an aromatic ring is 1. The van der Waals surface area contributed by atoms with E-state index in [0.29, 0.717) is 11.6 Å². The van der Waals surface area contributed by atoms with Crippen LogP contribution in [-0.4, -0.2) is 9.97 Å². The van der Waals surface area contributed by atoms with Crippen molar-refractivity contribution < 1.29 is 9.13 Å². The summed E-state index contributed by atoms with van der Waals surface area (Å²) in [5, 5.41) is 0. The highest BCUT2D eigenvalue weighted by Crippen LogP contribution is 2.32. The van der Waals surface area contributed by atoms with Crippen LogP contribution in [0.1, 0.15) is 23.2 Å². The topological polar surface area (TPSA) is 61.0 Å². The van der Waals surface area contributed by atoms with Crippen molar-refractivity contribution in [1.82, 2.24) is 9.97 Å². The molecule has 0 bridgehead atoms. The van der Waals surface area contributed by atoms with Gasteiger partial charge in [0.1, 0.15) is 6.33 Å². The second kappa shape index (κ2) is 4.50. The van der Waals surface area contributed by atoms with Crippen LogP contribution >= 0.6 is 0 Å². The van der Waals surface area contributed by atoms with Gasteiger partial charge < -0.3 is 10.5 Å². The minimum Gasteiger partial charge on any atom is -0.436 e. The molecule has 1 heterocycles. The van der Waals surface area contributed by atoms with Gasteiger partial charge in [0.25, 0.3) is 0 Å². The lowest BCUT2D eigenvalue weighted by molar-refractivity contribution is 0.422. The Morgan fingerprint density at radius 1 is 1.26 bits per heavy atom. The van der Waals surface area contributed by atoms with Crippen LogP contribution in [0.3, 0.4) is 0 Å². The fraction of sp³-hybridized carbons (Fsp3) is 0.286. The molecule has 1 aromatic heterocycles. The highest BCUT2D eigenvalue weighted by Gasteiger charge is 2.19. The van der Waals surface area contributed by atoms with Crippen LogP contribution in [0.25, 0.3) is 0 Å². The van der Waals surface area contributed by atoms with Crippen molar-refractivity contribution in [2.24, 2.45) is 0 Å². The highest BCUT2D eigenvalue weighted by atomic mass is 19.1. The number of halogens is 1. The molecule has 0 saturated heterocycles. The van der Waals surface area contributed by atoms with Crippen LogP contribution < -0.4 is 10.5 Å². The summed E-state index contributed by atoms with van der Waals surface area (Å²) >= 11 is 0. The first-order valence-corrected chi connectivity index (χ1v) is 6.21. The van der Waals surface area contributed by atoms with E-state index in [4.69, 9.17) is 10.5 Å². The van der Waals surface area contributed by atoms with Gasteiger partial charge in [-0.05, 0) is 37.8 Å². The number of hydrogen-bond donors (Lipinski definition) is 1. The minimum absolute atomic E-state index is 0.152. The van der Waals surface area contributed by atoms with E-state index in [1.165, 1.54) is 12.4 Å². The molecule has 19 heavy (non-hydrogen) atoms. The lowest BCUT2D eigenvalue weighted by Gasteiger charge is -2.10. The molecule has 0 aliphatic heterocycles. The molecular formula is C14H14FN3O. The molecule has 0 fully saturated rings. The van der Waals surface area contributed by atoms with Gasteiger partial charge in [0.2, 0.25) is 5.88 Å². The fourth-order valence-electron chi connectivity index (χ4n) is 2.27. The zero-order chi connectivity index (χ0) is 13.4. The first kappa shape index (κ1) is 11.9. The van der Waals surface area contributed by atoms with Gasteiger partial charge >= 0.3 is 0 Å². The van der Waals surface area contributed by atoms with Crippen LogP contribution in [0.15, 0.2) is 18.5 Å². The molecular weight excluding hydrogens is 245 g/mol. The van der Waals surface area contributed by atoms with Crippen molar-refractivity contribution in [2.75, 3.05) is 5.73 Å². The van der Waals surface area contributed by atoms with E-state index in [0.717, 1.165) is 36.1 Å². The normalized spacial score (nSPS) is 13.4. The second-order valence-corrected chi connectivity index (χ2v) is 4.70. The lowest BCUT2D eigenvalue weighted by Crippen LogP contribution is -1.99. The maximum atomic E-state index is 13.8. The van der Waals surface area contributed by atoms with Crippen molar-refractivity contribution in [2.45, 2.75) is 26.2 Å². The molecule has 0 amide bonds. The third-order valence-electron chi connectivity index (χ3n) is 3.36. The van der Waals surface area contributed by atoms with Crippen LogP contribution in [-0.2, 0) is 12.8 Å². The first-order chi connectivity index (χ1) is 9.15. The summed E-state index contributed by atoms with van der Waals surface area (Å²) < 4.78 is 19.4. The van der Waals surface area contributed by atoms with E-state index in [1.54, 1.807) is 6.07 Å². The fourth-order valence-corrected chi connectivity index (χ4v) is 2.27. The molecule has 1 aromatic carbocycles. The summed E-state index contributed by atoms with van der Waals surface area (Å²) in [6, 6.07) is 2.86. The van der Waals surface area contributed by atoms with Crippen molar-refractivity contribution in [3.05, 3.63) is 41.1 Å². The Morgan fingerprint density at radius 3 is 2.95 bits per heavy atom. The van der Waals surface area contributed by atoms with Gasteiger partial charge in [0.15, 0.2) is 11.6 Å². The molecule has 3 rings (SSSR count). The molecule has 0 atom stereocenters. The summed E-state index contributed by atoms with van der Waals surface area (Å²) in [4.78, 5) is 8.32. The number of aromatic nitrogens is 2. The predicted octanol–water partition coefficient (Wildman–Crippen LogP) is 2.79. The van der Waals surface area contributed by atoms with Gasteiger partial charge in [-0.25, -0.2) is 14.4 Å². The Hall–Kier alpha value is -2.17. The average molecular weight is 259 g/mol. The highest BCUT2D eigenvalue weighted by molar-refractivity contribution is 5.51. The third-order valence-corrected chi connectivity index (χ3v) is 3.36. The maximum Gasteiger partial charge on any atom is 0.225 e.